The lowest BCUT2D eigenvalue weighted by atomic mass is 10.0. The van der Waals surface area contributed by atoms with Crippen molar-refractivity contribution in [1.29, 1.82) is 0 Å². The van der Waals surface area contributed by atoms with Crippen LogP contribution in [0.25, 0.3) is 16.8 Å². The standard InChI is InChI=1S/C21H21FN6O/c1-12-10-28-20(25-12)16(17-11-27(3)26-13(17)2)9-24-21(28)23-8-15-14-6-7-29-19(14)5-4-18(15)22/h4-5,9-11H,6-8H2,1-3H3,(H,23,24). The van der Waals surface area contributed by atoms with Gasteiger partial charge in [0.05, 0.1) is 18.0 Å². The van der Waals surface area contributed by atoms with Crippen molar-refractivity contribution < 1.29 is 9.13 Å². The second-order valence-electron chi connectivity index (χ2n) is 7.33. The molecule has 0 aliphatic carbocycles. The Morgan fingerprint density at radius 2 is 2.07 bits per heavy atom. The van der Waals surface area contributed by atoms with Crippen LogP contribution in [0.4, 0.5) is 10.3 Å². The normalized spacial score (nSPS) is 13.0. The van der Waals surface area contributed by atoms with Crippen molar-refractivity contribution in [2.24, 2.45) is 7.05 Å². The molecule has 8 heteroatoms. The number of rotatable bonds is 4. The van der Waals surface area contributed by atoms with Crippen molar-refractivity contribution in [3.05, 3.63) is 59.1 Å². The van der Waals surface area contributed by atoms with E-state index in [9.17, 15) is 4.39 Å². The molecule has 7 nitrogen and oxygen atoms in total. The molecular weight excluding hydrogens is 371 g/mol. The van der Waals surface area contributed by atoms with Crippen molar-refractivity contribution in [3.8, 4) is 16.9 Å². The molecule has 0 spiro atoms. The van der Waals surface area contributed by atoms with E-state index in [1.54, 1.807) is 16.9 Å². The van der Waals surface area contributed by atoms with Gasteiger partial charge >= 0.3 is 0 Å². The lowest BCUT2D eigenvalue weighted by molar-refractivity contribution is 0.356. The number of hydrogen-bond donors (Lipinski definition) is 1. The van der Waals surface area contributed by atoms with Gasteiger partial charge in [-0.1, -0.05) is 0 Å². The first-order valence-electron chi connectivity index (χ1n) is 9.53. The van der Waals surface area contributed by atoms with Gasteiger partial charge in [-0.3, -0.25) is 9.08 Å². The topological polar surface area (TPSA) is 69.3 Å². The van der Waals surface area contributed by atoms with E-state index in [4.69, 9.17) is 4.74 Å². The zero-order valence-electron chi connectivity index (χ0n) is 16.5. The van der Waals surface area contributed by atoms with Crippen LogP contribution in [0.2, 0.25) is 0 Å². The third-order valence-corrected chi connectivity index (χ3v) is 5.28. The fraction of sp³-hybridized carbons (Fsp3) is 0.286. The van der Waals surface area contributed by atoms with Gasteiger partial charge < -0.3 is 10.1 Å². The predicted molar refractivity (Wildman–Crippen MR) is 108 cm³/mol. The number of nitrogens with one attached hydrogen (secondary N) is 1. The van der Waals surface area contributed by atoms with E-state index < -0.39 is 0 Å². The van der Waals surface area contributed by atoms with Crippen LogP contribution in [0.15, 0.2) is 30.7 Å². The van der Waals surface area contributed by atoms with Crippen molar-refractivity contribution in [3.63, 3.8) is 0 Å². The fourth-order valence-corrected chi connectivity index (χ4v) is 3.95. The van der Waals surface area contributed by atoms with Crippen LogP contribution in [-0.4, -0.2) is 30.8 Å². The summed E-state index contributed by atoms with van der Waals surface area (Å²) in [5.41, 5.74) is 6.04. The van der Waals surface area contributed by atoms with Gasteiger partial charge in [0.25, 0.3) is 0 Å². The molecule has 0 bridgehead atoms. The van der Waals surface area contributed by atoms with Crippen molar-refractivity contribution in [1.82, 2.24) is 24.1 Å². The highest BCUT2D eigenvalue weighted by Gasteiger charge is 2.20. The SMILES string of the molecule is Cc1cn2c(NCc3c(F)ccc4c3CCO4)ncc(-c3cn(C)nc3C)c2n1. The van der Waals surface area contributed by atoms with Crippen molar-refractivity contribution in [2.45, 2.75) is 26.8 Å². The molecule has 29 heavy (non-hydrogen) atoms. The van der Waals surface area contributed by atoms with Gasteiger partial charge in [-0.2, -0.15) is 5.10 Å². The van der Waals surface area contributed by atoms with Gasteiger partial charge in [-0.25, -0.2) is 14.4 Å². The molecule has 4 aromatic rings. The molecule has 0 amide bonds. The monoisotopic (exact) mass is 392 g/mol. The minimum atomic E-state index is -0.234. The summed E-state index contributed by atoms with van der Waals surface area (Å²) in [6.07, 6.45) is 6.40. The lowest BCUT2D eigenvalue weighted by Crippen LogP contribution is -2.09. The van der Waals surface area contributed by atoms with Crippen molar-refractivity contribution >= 4 is 11.6 Å². The molecule has 0 saturated heterocycles. The minimum Gasteiger partial charge on any atom is -0.493 e. The van der Waals surface area contributed by atoms with E-state index in [2.05, 4.69) is 20.4 Å². The van der Waals surface area contributed by atoms with Crippen LogP contribution in [0, 0.1) is 19.7 Å². The second kappa shape index (κ2) is 6.58. The summed E-state index contributed by atoms with van der Waals surface area (Å²) in [5.74, 6) is 1.14. The molecule has 3 aromatic heterocycles. The highest BCUT2D eigenvalue weighted by Crippen LogP contribution is 2.31. The van der Waals surface area contributed by atoms with E-state index in [1.807, 2.05) is 37.7 Å². The number of anilines is 1. The van der Waals surface area contributed by atoms with Gasteiger partial charge in [0.2, 0.25) is 5.95 Å². The molecule has 4 heterocycles. The van der Waals surface area contributed by atoms with Crippen molar-refractivity contribution in [2.75, 3.05) is 11.9 Å². The van der Waals surface area contributed by atoms with Crippen LogP contribution in [0.1, 0.15) is 22.5 Å². The quantitative estimate of drug-likeness (QED) is 0.576. The number of aromatic nitrogens is 5. The summed E-state index contributed by atoms with van der Waals surface area (Å²) >= 11 is 0. The van der Waals surface area contributed by atoms with Crippen LogP contribution < -0.4 is 10.1 Å². The molecule has 1 N–H and O–H groups in total. The molecule has 0 fully saturated rings. The van der Waals surface area contributed by atoms with Crippen LogP contribution >= 0.6 is 0 Å². The molecule has 5 rings (SSSR count). The number of hydrogen-bond acceptors (Lipinski definition) is 5. The first-order valence-corrected chi connectivity index (χ1v) is 9.53. The smallest absolute Gasteiger partial charge is 0.208 e. The maximum absolute atomic E-state index is 14.5. The Hall–Kier alpha value is -3.42. The summed E-state index contributed by atoms with van der Waals surface area (Å²) in [5, 5.41) is 7.71. The van der Waals surface area contributed by atoms with Gasteiger partial charge in [-0.15, -0.1) is 0 Å². The number of imidazole rings is 1. The first-order chi connectivity index (χ1) is 14.0. The number of fused-ring (bicyclic) bond motifs is 2. The molecule has 0 saturated carbocycles. The first kappa shape index (κ1) is 17.7. The Balaban J connectivity index is 1.54. The largest absolute Gasteiger partial charge is 0.493 e. The Morgan fingerprint density at radius 3 is 2.86 bits per heavy atom. The van der Waals surface area contributed by atoms with Crippen LogP contribution in [0.3, 0.4) is 0 Å². The fourth-order valence-electron chi connectivity index (χ4n) is 3.95. The van der Waals surface area contributed by atoms with Crippen LogP contribution in [0.5, 0.6) is 5.75 Å². The Bertz CT molecular complexity index is 1240. The average Bonchev–Trinajstić information content (AvgIpc) is 3.38. The molecular formula is C21H21FN6O. The summed E-state index contributed by atoms with van der Waals surface area (Å²) in [6, 6.07) is 3.15. The van der Waals surface area contributed by atoms with Gasteiger partial charge in [-0.05, 0) is 26.0 Å². The highest BCUT2D eigenvalue weighted by atomic mass is 19.1. The van der Waals surface area contributed by atoms with E-state index in [1.165, 1.54) is 6.07 Å². The molecule has 1 aliphatic rings. The maximum Gasteiger partial charge on any atom is 0.208 e. The molecule has 0 atom stereocenters. The summed E-state index contributed by atoms with van der Waals surface area (Å²) in [6.45, 7) is 4.82. The third-order valence-electron chi connectivity index (χ3n) is 5.28. The average molecular weight is 392 g/mol. The number of nitrogens with zero attached hydrogens (tertiary/aromatic N) is 5. The zero-order chi connectivity index (χ0) is 20.1. The highest BCUT2D eigenvalue weighted by molar-refractivity contribution is 5.79. The summed E-state index contributed by atoms with van der Waals surface area (Å²) in [4.78, 5) is 9.29. The molecule has 1 aromatic carbocycles. The molecule has 148 valence electrons. The predicted octanol–water partition coefficient (Wildman–Crippen LogP) is 3.43. The van der Waals surface area contributed by atoms with E-state index in [0.717, 1.165) is 45.9 Å². The number of ether oxygens (including phenoxy) is 1. The van der Waals surface area contributed by atoms with Crippen LogP contribution in [-0.2, 0) is 20.0 Å². The summed E-state index contributed by atoms with van der Waals surface area (Å²) in [7, 11) is 1.89. The third kappa shape index (κ3) is 2.91. The zero-order valence-corrected chi connectivity index (χ0v) is 16.5. The van der Waals surface area contributed by atoms with Gasteiger partial charge in [0, 0.05) is 60.9 Å². The lowest BCUT2D eigenvalue weighted by Gasteiger charge is -2.13. The molecule has 0 radical (unpaired) electrons. The van der Waals surface area contributed by atoms with E-state index >= 15 is 0 Å². The second-order valence-corrected chi connectivity index (χ2v) is 7.33. The molecule has 0 unspecified atom stereocenters. The Labute approximate surface area is 167 Å². The van der Waals surface area contributed by atoms with E-state index in [-0.39, 0.29) is 5.82 Å². The summed E-state index contributed by atoms with van der Waals surface area (Å²) < 4.78 is 23.7. The molecule has 1 aliphatic heterocycles. The number of halogens is 1. The van der Waals surface area contributed by atoms with Gasteiger partial charge in [0.1, 0.15) is 17.2 Å². The van der Waals surface area contributed by atoms with E-state index in [0.29, 0.717) is 24.7 Å². The number of aryl methyl sites for hydroxylation is 3. The van der Waals surface area contributed by atoms with Gasteiger partial charge in [0.15, 0.2) is 0 Å². The number of benzene rings is 1. The minimum absolute atomic E-state index is 0.234. The Morgan fingerprint density at radius 1 is 1.21 bits per heavy atom. The Kier molecular flexibility index (Phi) is 4.01. The maximum atomic E-state index is 14.5.